The van der Waals surface area contributed by atoms with Crippen LogP contribution in [0.5, 0.6) is 0 Å². The zero-order chi connectivity index (χ0) is 18.3. The Morgan fingerprint density at radius 3 is 2.20 bits per heavy atom. The maximum atomic E-state index is 12.2. The largest absolute Gasteiger partial charge is 0.356 e. The summed E-state index contributed by atoms with van der Waals surface area (Å²) in [5.41, 5.74) is 1.93. The van der Waals surface area contributed by atoms with Crippen molar-refractivity contribution in [3.63, 3.8) is 0 Å². The molecule has 5 nitrogen and oxygen atoms in total. The number of sulfonamides is 1. The fourth-order valence-corrected chi connectivity index (χ4v) is 3.45. The van der Waals surface area contributed by atoms with Gasteiger partial charge in [-0.2, -0.15) is 0 Å². The molecule has 0 spiro atoms. The molecule has 2 aromatic rings. The highest BCUT2D eigenvalue weighted by Crippen LogP contribution is 2.14. The van der Waals surface area contributed by atoms with E-state index < -0.39 is 10.0 Å². The van der Waals surface area contributed by atoms with E-state index in [1.54, 1.807) is 12.1 Å². The molecule has 25 heavy (non-hydrogen) atoms. The minimum Gasteiger partial charge on any atom is -0.356 e. The Hall–Kier alpha value is -1.89. The summed E-state index contributed by atoms with van der Waals surface area (Å²) < 4.78 is 26.9. The second-order valence-electron chi connectivity index (χ2n) is 5.55. The fraction of sp³-hybridized carbons (Fsp3) is 0.278. The molecule has 2 aromatic carbocycles. The molecule has 0 atom stereocenters. The van der Waals surface area contributed by atoms with Crippen LogP contribution in [0.3, 0.4) is 0 Å². The van der Waals surface area contributed by atoms with Crippen LogP contribution in [-0.2, 0) is 27.7 Å². The van der Waals surface area contributed by atoms with Gasteiger partial charge in [0.2, 0.25) is 15.9 Å². The maximum absolute atomic E-state index is 12.2. The van der Waals surface area contributed by atoms with Crippen LogP contribution in [0.25, 0.3) is 0 Å². The number of halogens is 1. The number of carbonyl (C=O) groups excluding carboxylic acids is 1. The Morgan fingerprint density at radius 2 is 1.60 bits per heavy atom. The van der Waals surface area contributed by atoms with Crippen molar-refractivity contribution in [2.45, 2.75) is 24.7 Å². The van der Waals surface area contributed by atoms with Gasteiger partial charge in [0.05, 0.1) is 11.3 Å². The van der Waals surface area contributed by atoms with Gasteiger partial charge in [0.15, 0.2) is 0 Å². The summed E-state index contributed by atoms with van der Waals surface area (Å²) in [5.74, 6) is -0.00836. The van der Waals surface area contributed by atoms with E-state index in [2.05, 4.69) is 10.0 Å². The summed E-state index contributed by atoms with van der Waals surface area (Å²) >= 11 is 5.77. The summed E-state index contributed by atoms with van der Waals surface area (Å²) in [6, 6.07) is 13.6. The van der Waals surface area contributed by atoms with Crippen LogP contribution in [0.4, 0.5) is 0 Å². The smallest absolute Gasteiger partial charge is 0.240 e. The van der Waals surface area contributed by atoms with E-state index in [0.29, 0.717) is 31.0 Å². The van der Waals surface area contributed by atoms with Crippen LogP contribution in [-0.4, -0.2) is 27.4 Å². The van der Waals surface area contributed by atoms with Crippen molar-refractivity contribution in [1.29, 1.82) is 0 Å². The minimum absolute atomic E-state index is 0.00836. The molecule has 0 aliphatic heterocycles. The molecule has 0 heterocycles. The summed E-state index contributed by atoms with van der Waals surface area (Å²) in [7, 11) is -3.54. The molecule has 0 aliphatic carbocycles. The van der Waals surface area contributed by atoms with Gasteiger partial charge in [-0.3, -0.25) is 4.79 Å². The van der Waals surface area contributed by atoms with Crippen molar-refractivity contribution >= 4 is 27.5 Å². The SMILES string of the molecule is CCNC(=O)Cc1ccc(CCNS(=O)(=O)c2ccc(Cl)cc2)cc1. The molecule has 134 valence electrons. The molecule has 2 N–H and O–H groups in total. The first-order chi connectivity index (χ1) is 11.9. The molecule has 0 radical (unpaired) electrons. The number of nitrogens with one attached hydrogen (secondary N) is 2. The van der Waals surface area contributed by atoms with E-state index in [1.165, 1.54) is 12.1 Å². The monoisotopic (exact) mass is 380 g/mol. The first-order valence-electron chi connectivity index (χ1n) is 8.00. The molecule has 7 heteroatoms. The van der Waals surface area contributed by atoms with Crippen LogP contribution in [0.15, 0.2) is 53.4 Å². The van der Waals surface area contributed by atoms with E-state index in [-0.39, 0.29) is 10.8 Å². The van der Waals surface area contributed by atoms with E-state index in [9.17, 15) is 13.2 Å². The van der Waals surface area contributed by atoms with Crippen LogP contribution < -0.4 is 10.0 Å². The average molecular weight is 381 g/mol. The number of amides is 1. The Kier molecular flexibility index (Phi) is 6.99. The number of hydrogen-bond acceptors (Lipinski definition) is 3. The molecular weight excluding hydrogens is 360 g/mol. The standard InChI is InChI=1S/C18H21ClN2O3S/c1-2-20-18(22)13-15-5-3-14(4-6-15)11-12-21-25(23,24)17-9-7-16(19)8-10-17/h3-10,21H,2,11-13H2,1H3,(H,20,22). The quantitative estimate of drug-likeness (QED) is 0.739. The number of benzene rings is 2. The highest BCUT2D eigenvalue weighted by molar-refractivity contribution is 7.89. The van der Waals surface area contributed by atoms with Crippen molar-refractivity contribution in [3.8, 4) is 0 Å². The lowest BCUT2D eigenvalue weighted by atomic mass is 10.1. The third-order valence-electron chi connectivity index (χ3n) is 3.59. The second-order valence-corrected chi connectivity index (χ2v) is 7.75. The molecule has 0 aromatic heterocycles. The lowest BCUT2D eigenvalue weighted by Gasteiger charge is -2.08. The molecule has 0 saturated carbocycles. The number of likely N-dealkylation sites (N-methyl/N-ethyl adjacent to an activating group) is 1. The Bertz CT molecular complexity index is 803. The van der Waals surface area contributed by atoms with E-state index >= 15 is 0 Å². The second kappa shape index (κ2) is 8.99. The normalized spacial score (nSPS) is 11.3. The van der Waals surface area contributed by atoms with Gasteiger partial charge < -0.3 is 5.32 Å². The van der Waals surface area contributed by atoms with Gasteiger partial charge in [-0.15, -0.1) is 0 Å². The predicted molar refractivity (Wildman–Crippen MR) is 99.2 cm³/mol. The maximum Gasteiger partial charge on any atom is 0.240 e. The molecule has 2 rings (SSSR count). The van der Waals surface area contributed by atoms with E-state index in [0.717, 1.165) is 11.1 Å². The summed E-state index contributed by atoms with van der Waals surface area (Å²) in [6.07, 6.45) is 0.908. The van der Waals surface area contributed by atoms with Gasteiger partial charge in [0.25, 0.3) is 0 Å². The van der Waals surface area contributed by atoms with E-state index in [4.69, 9.17) is 11.6 Å². The molecular formula is C18H21ClN2O3S. The molecule has 0 fully saturated rings. The van der Waals surface area contributed by atoms with E-state index in [1.807, 2.05) is 31.2 Å². The van der Waals surface area contributed by atoms with Crippen molar-refractivity contribution in [1.82, 2.24) is 10.0 Å². The van der Waals surface area contributed by atoms with Gasteiger partial charge in [0.1, 0.15) is 0 Å². The molecule has 0 saturated heterocycles. The predicted octanol–water partition coefficient (Wildman–Crippen LogP) is 2.54. The van der Waals surface area contributed by atoms with Crippen molar-refractivity contribution in [2.75, 3.05) is 13.1 Å². The molecule has 0 bridgehead atoms. The first-order valence-corrected chi connectivity index (χ1v) is 9.86. The Morgan fingerprint density at radius 1 is 1.00 bits per heavy atom. The van der Waals surface area contributed by atoms with Gasteiger partial charge in [-0.05, 0) is 48.7 Å². The van der Waals surface area contributed by atoms with Crippen molar-refractivity contribution in [2.24, 2.45) is 0 Å². The Balaban J connectivity index is 1.87. The van der Waals surface area contributed by atoms with Crippen LogP contribution >= 0.6 is 11.6 Å². The van der Waals surface area contributed by atoms with Crippen LogP contribution in [0.1, 0.15) is 18.1 Å². The molecule has 1 amide bonds. The zero-order valence-electron chi connectivity index (χ0n) is 14.0. The number of hydrogen-bond donors (Lipinski definition) is 2. The lowest BCUT2D eigenvalue weighted by molar-refractivity contribution is -0.120. The highest BCUT2D eigenvalue weighted by atomic mass is 35.5. The van der Waals surface area contributed by atoms with Gasteiger partial charge >= 0.3 is 0 Å². The lowest BCUT2D eigenvalue weighted by Crippen LogP contribution is -2.26. The van der Waals surface area contributed by atoms with Crippen LogP contribution in [0.2, 0.25) is 5.02 Å². The minimum atomic E-state index is -3.54. The average Bonchev–Trinajstić information content (AvgIpc) is 2.57. The highest BCUT2D eigenvalue weighted by Gasteiger charge is 2.12. The number of carbonyl (C=O) groups is 1. The van der Waals surface area contributed by atoms with Gasteiger partial charge in [0, 0.05) is 18.1 Å². The zero-order valence-corrected chi connectivity index (χ0v) is 15.5. The third kappa shape index (κ3) is 6.16. The Labute approximate surface area is 153 Å². The van der Waals surface area contributed by atoms with Gasteiger partial charge in [-0.25, -0.2) is 13.1 Å². The summed E-state index contributed by atoms with van der Waals surface area (Å²) in [4.78, 5) is 11.7. The number of rotatable bonds is 8. The first kappa shape index (κ1) is 19.4. The topological polar surface area (TPSA) is 75.3 Å². The van der Waals surface area contributed by atoms with Gasteiger partial charge in [-0.1, -0.05) is 35.9 Å². The van der Waals surface area contributed by atoms with Crippen LogP contribution in [0, 0.1) is 0 Å². The molecule has 0 unspecified atom stereocenters. The fourth-order valence-electron chi connectivity index (χ4n) is 2.30. The summed E-state index contributed by atoms with van der Waals surface area (Å²) in [6.45, 7) is 2.79. The summed E-state index contributed by atoms with van der Waals surface area (Å²) in [5, 5.41) is 3.25. The van der Waals surface area contributed by atoms with Crippen molar-refractivity contribution in [3.05, 3.63) is 64.7 Å². The molecule has 0 aliphatic rings. The third-order valence-corrected chi connectivity index (χ3v) is 5.32. The van der Waals surface area contributed by atoms with Crippen molar-refractivity contribution < 1.29 is 13.2 Å².